The van der Waals surface area contributed by atoms with Gasteiger partial charge in [0.25, 0.3) is 5.91 Å². The molecule has 0 saturated carbocycles. The van der Waals surface area contributed by atoms with Crippen molar-refractivity contribution in [1.82, 2.24) is 15.2 Å². The molecule has 1 fully saturated rings. The molecule has 142 valence electrons. The number of nitrogens with zero attached hydrogens (tertiary/aromatic N) is 2. The number of fused-ring (bicyclic) bond motifs is 2. The van der Waals surface area contributed by atoms with Crippen LogP contribution in [-0.2, 0) is 17.6 Å². The summed E-state index contributed by atoms with van der Waals surface area (Å²) in [6.45, 7) is 5.31. The second kappa shape index (κ2) is 7.29. The first-order valence-corrected chi connectivity index (χ1v) is 10.0. The summed E-state index contributed by atoms with van der Waals surface area (Å²) in [5, 5.41) is 4.19. The summed E-state index contributed by atoms with van der Waals surface area (Å²) in [6.07, 6.45) is 4.58. The Kier molecular flexibility index (Phi) is 4.85. The SMILES string of the molecule is CC(C)C(=O)N1CCC(NC(=O)c2c3c(nc4ccccc24)CCC3)CC1. The second-order valence-corrected chi connectivity index (χ2v) is 8.01. The number of pyridine rings is 1. The molecule has 1 aliphatic heterocycles. The fraction of sp³-hybridized carbons (Fsp3) is 0.500. The number of aryl methyl sites for hydroxylation is 1. The molecular formula is C22H27N3O2. The lowest BCUT2D eigenvalue weighted by atomic mass is 9.98. The van der Waals surface area contributed by atoms with Gasteiger partial charge in [-0.2, -0.15) is 0 Å². The number of nitrogens with one attached hydrogen (secondary N) is 1. The van der Waals surface area contributed by atoms with Crippen molar-refractivity contribution in [2.24, 2.45) is 5.92 Å². The van der Waals surface area contributed by atoms with Crippen molar-refractivity contribution in [3.05, 3.63) is 41.1 Å². The fourth-order valence-corrected chi connectivity index (χ4v) is 4.34. The summed E-state index contributed by atoms with van der Waals surface area (Å²) >= 11 is 0. The highest BCUT2D eigenvalue weighted by Gasteiger charge is 2.28. The summed E-state index contributed by atoms with van der Waals surface area (Å²) < 4.78 is 0. The molecule has 5 nitrogen and oxygen atoms in total. The van der Waals surface area contributed by atoms with Gasteiger partial charge in [0.1, 0.15) is 0 Å². The standard InChI is InChI=1S/C22H27N3O2/c1-14(2)22(27)25-12-10-15(11-13-25)23-21(26)20-16-6-3-4-8-18(16)24-19-9-5-7-17(19)20/h3-4,6,8,14-15H,5,7,9-13H2,1-2H3,(H,23,26). The van der Waals surface area contributed by atoms with Crippen LogP contribution in [0, 0.1) is 5.92 Å². The number of hydrogen-bond donors (Lipinski definition) is 1. The van der Waals surface area contributed by atoms with Gasteiger partial charge in [0, 0.05) is 36.1 Å². The number of rotatable bonds is 3. The Morgan fingerprint density at radius 1 is 1.15 bits per heavy atom. The molecule has 1 aromatic heterocycles. The first-order chi connectivity index (χ1) is 13.0. The molecule has 2 aliphatic rings. The number of aromatic nitrogens is 1. The van der Waals surface area contributed by atoms with Crippen LogP contribution in [0.25, 0.3) is 10.9 Å². The normalized spacial score (nSPS) is 17.4. The van der Waals surface area contributed by atoms with E-state index in [1.165, 1.54) is 0 Å². The van der Waals surface area contributed by atoms with Crippen molar-refractivity contribution in [3.8, 4) is 0 Å². The minimum Gasteiger partial charge on any atom is -0.349 e. The van der Waals surface area contributed by atoms with Gasteiger partial charge in [0.2, 0.25) is 5.91 Å². The first kappa shape index (κ1) is 18.0. The van der Waals surface area contributed by atoms with Gasteiger partial charge < -0.3 is 10.2 Å². The first-order valence-electron chi connectivity index (χ1n) is 10.0. The topological polar surface area (TPSA) is 62.3 Å². The fourth-order valence-electron chi connectivity index (χ4n) is 4.34. The Balaban J connectivity index is 1.52. The van der Waals surface area contributed by atoms with Crippen molar-refractivity contribution in [3.63, 3.8) is 0 Å². The van der Waals surface area contributed by atoms with E-state index in [0.717, 1.165) is 72.9 Å². The van der Waals surface area contributed by atoms with Crippen LogP contribution >= 0.6 is 0 Å². The third-order valence-electron chi connectivity index (χ3n) is 5.78. The molecule has 4 rings (SSSR count). The quantitative estimate of drug-likeness (QED) is 0.909. The van der Waals surface area contributed by atoms with Gasteiger partial charge in [0.15, 0.2) is 0 Å². The predicted molar refractivity (Wildman–Crippen MR) is 106 cm³/mol. The molecule has 1 saturated heterocycles. The summed E-state index contributed by atoms with van der Waals surface area (Å²) in [4.78, 5) is 32.0. The molecule has 27 heavy (non-hydrogen) atoms. The maximum absolute atomic E-state index is 13.2. The van der Waals surface area contributed by atoms with Gasteiger partial charge in [0.05, 0.1) is 11.1 Å². The van der Waals surface area contributed by atoms with Crippen molar-refractivity contribution >= 4 is 22.7 Å². The van der Waals surface area contributed by atoms with E-state index in [0.29, 0.717) is 0 Å². The Bertz CT molecular complexity index is 883. The summed E-state index contributed by atoms with van der Waals surface area (Å²) in [5.41, 5.74) is 3.92. The van der Waals surface area contributed by atoms with Gasteiger partial charge in [-0.25, -0.2) is 0 Å². The van der Waals surface area contributed by atoms with E-state index >= 15 is 0 Å². The Labute approximate surface area is 160 Å². The molecular weight excluding hydrogens is 338 g/mol. The lowest BCUT2D eigenvalue weighted by molar-refractivity contribution is -0.135. The van der Waals surface area contributed by atoms with Crippen LogP contribution in [0.4, 0.5) is 0 Å². The molecule has 1 aliphatic carbocycles. The van der Waals surface area contributed by atoms with Crippen LogP contribution < -0.4 is 5.32 Å². The number of benzene rings is 1. The summed E-state index contributed by atoms with van der Waals surface area (Å²) in [7, 11) is 0. The second-order valence-electron chi connectivity index (χ2n) is 8.01. The smallest absolute Gasteiger partial charge is 0.252 e. The lowest BCUT2D eigenvalue weighted by Gasteiger charge is -2.33. The highest BCUT2D eigenvalue weighted by atomic mass is 16.2. The molecule has 1 aromatic carbocycles. The van der Waals surface area contributed by atoms with E-state index in [2.05, 4.69) is 5.32 Å². The molecule has 0 radical (unpaired) electrons. The number of piperidine rings is 1. The maximum atomic E-state index is 13.2. The zero-order valence-corrected chi connectivity index (χ0v) is 16.1. The van der Waals surface area contributed by atoms with Gasteiger partial charge in [-0.1, -0.05) is 32.0 Å². The van der Waals surface area contributed by atoms with Crippen LogP contribution in [0.2, 0.25) is 0 Å². The molecule has 2 amide bonds. The number of amides is 2. The predicted octanol–water partition coefficient (Wildman–Crippen LogP) is 3.10. The van der Waals surface area contributed by atoms with E-state index in [1.807, 2.05) is 43.0 Å². The number of carbonyl (C=O) groups excluding carboxylic acids is 2. The van der Waals surface area contributed by atoms with Crippen molar-refractivity contribution in [2.75, 3.05) is 13.1 Å². The van der Waals surface area contributed by atoms with E-state index in [9.17, 15) is 9.59 Å². The number of likely N-dealkylation sites (tertiary alicyclic amines) is 1. The maximum Gasteiger partial charge on any atom is 0.252 e. The monoisotopic (exact) mass is 365 g/mol. The van der Waals surface area contributed by atoms with E-state index < -0.39 is 0 Å². The van der Waals surface area contributed by atoms with Gasteiger partial charge in [-0.3, -0.25) is 14.6 Å². The third-order valence-corrected chi connectivity index (χ3v) is 5.78. The van der Waals surface area contributed by atoms with Gasteiger partial charge >= 0.3 is 0 Å². The molecule has 1 N–H and O–H groups in total. The number of carbonyl (C=O) groups is 2. The van der Waals surface area contributed by atoms with Crippen molar-refractivity contribution < 1.29 is 9.59 Å². The van der Waals surface area contributed by atoms with E-state index in [-0.39, 0.29) is 23.8 Å². The third kappa shape index (κ3) is 3.43. The molecule has 0 spiro atoms. The van der Waals surface area contributed by atoms with Crippen LogP contribution in [0.1, 0.15) is 54.7 Å². The Morgan fingerprint density at radius 3 is 2.63 bits per heavy atom. The minimum absolute atomic E-state index is 0.0142. The molecule has 2 heterocycles. The Morgan fingerprint density at radius 2 is 1.89 bits per heavy atom. The average Bonchev–Trinajstić information content (AvgIpc) is 3.13. The zero-order valence-electron chi connectivity index (χ0n) is 16.1. The largest absolute Gasteiger partial charge is 0.349 e. The molecule has 2 aromatic rings. The van der Waals surface area contributed by atoms with Gasteiger partial charge in [-0.05, 0) is 43.7 Å². The van der Waals surface area contributed by atoms with Crippen LogP contribution in [0.5, 0.6) is 0 Å². The summed E-state index contributed by atoms with van der Waals surface area (Å²) in [5.74, 6) is 0.250. The number of para-hydroxylation sites is 1. The molecule has 0 bridgehead atoms. The van der Waals surface area contributed by atoms with Crippen LogP contribution in [0.3, 0.4) is 0 Å². The van der Waals surface area contributed by atoms with E-state index in [4.69, 9.17) is 4.98 Å². The highest BCUT2D eigenvalue weighted by Crippen LogP contribution is 2.30. The molecule has 5 heteroatoms. The minimum atomic E-state index is 0.0142. The summed E-state index contributed by atoms with van der Waals surface area (Å²) in [6, 6.07) is 8.05. The highest BCUT2D eigenvalue weighted by molar-refractivity contribution is 6.08. The molecule has 0 atom stereocenters. The average molecular weight is 365 g/mol. The van der Waals surface area contributed by atoms with Crippen LogP contribution in [-0.4, -0.2) is 40.8 Å². The lowest BCUT2D eigenvalue weighted by Crippen LogP contribution is -2.47. The van der Waals surface area contributed by atoms with Crippen LogP contribution in [0.15, 0.2) is 24.3 Å². The molecule has 0 unspecified atom stereocenters. The number of hydrogen-bond acceptors (Lipinski definition) is 3. The van der Waals surface area contributed by atoms with E-state index in [1.54, 1.807) is 0 Å². The van der Waals surface area contributed by atoms with Crippen molar-refractivity contribution in [2.45, 2.75) is 52.0 Å². The Hall–Kier alpha value is -2.43. The zero-order chi connectivity index (χ0) is 19.0. The van der Waals surface area contributed by atoms with Crippen molar-refractivity contribution in [1.29, 1.82) is 0 Å². The van der Waals surface area contributed by atoms with Gasteiger partial charge in [-0.15, -0.1) is 0 Å².